The van der Waals surface area contributed by atoms with Crippen LogP contribution in [-0.4, -0.2) is 62.3 Å². The zero-order valence-electron chi connectivity index (χ0n) is 22.7. The van der Waals surface area contributed by atoms with Crippen molar-refractivity contribution < 1.29 is 34.1 Å². The quantitative estimate of drug-likeness (QED) is 0.0933. The summed E-state index contributed by atoms with van der Waals surface area (Å²) in [5, 5.41) is 18.1. The van der Waals surface area contributed by atoms with E-state index in [-0.39, 0.29) is 6.54 Å². The zero-order chi connectivity index (χ0) is 29.2. The van der Waals surface area contributed by atoms with E-state index in [0.717, 1.165) is 28.9 Å². The second-order valence-electron chi connectivity index (χ2n) is 8.49. The molecule has 0 spiro atoms. The Bertz CT molecular complexity index is 1090. The predicted octanol–water partition coefficient (Wildman–Crippen LogP) is 2.39. The molecule has 0 saturated carbocycles. The monoisotopic (exact) mass is 554 g/mol. The standard InChI is InChI=1S/C25H29NO3.C4H9N3O4/c1-27-23-17-15-22(16-18-23)25(20-10-5-3-6-11-20,21-12-7-4-8-13-21)29-24(28-2)14-9-19-26;8-3(1-6-7-11)5-2-4(9)10/h3-8,10-13,15-18,24H,9,14,19,26H2,1-2H3;6-7,11H,1-2H2,(H,5,8)(H,9,10). The fraction of sp³-hybridized carbons (Fsp3) is 0.310. The molecule has 1 unspecified atom stereocenters. The Morgan fingerprint density at radius 2 is 1.43 bits per heavy atom. The average molecular weight is 555 g/mol. The van der Waals surface area contributed by atoms with Crippen molar-refractivity contribution in [3.8, 4) is 5.75 Å². The molecule has 0 aromatic heterocycles. The van der Waals surface area contributed by atoms with Gasteiger partial charge in [0.05, 0.1) is 13.7 Å². The summed E-state index contributed by atoms with van der Waals surface area (Å²) in [6.45, 7) is -0.0227. The molecule has 0 aliphatic rings. The molecule has 3 rings (SSSR count). The highest BCUT2D eigenvalue weighted by Gasteiger charge is 2.40. The van der Waals surface area contributed by atoms with Crippen molar-refractivity contribution in [3.05, 3.63) is 102 Å². The topological polar surface area (TPSA) is 164 Å². The van der Waals surface area contributed by atoms with Gasteiger partial charge in [-0.25, -0.2) is 5.43 Å². The van der Waals surface area contributed by atoms with E-state index in [1.165, 1.54) is 5.59 Å². The molecule has 40 heavy (non-hydrogen) atoms. The number of carboxylic acids is 1. The number of methoxy groups -OCH3 is 2. The van der Waals surface area contributed by atoms with Gasteiger partial charge in [-0.05, 0) is 48.2 Å². The van der Waals surface area contributed by atoms with Crippen molar-refractivity contribution in [2.24, 2.45) is 5.73 Å². The molecule has 7 N–H and O–H groups in total. The maximum absolute atomic E-state index is 10.5. The van der Waals surface area contributed by atoms with Crippen molar-refractivity contribution in [3.63, 3.8) is 0 Å². The van der Waals surface area contributed by atoms with E-state index < -0.39 is 30.3 Å². The highest BCUT2D eigenvalue weighted by molar-refractivity contribution is 5.82. The van der Waals surface area contributed by atoms with Crippen molar-refractivity contribution >= 4 is 11.9 Å². The third-order valence-electron chi connectivity index (χ3n) is 5.84. The number of rotatable bonds is 15. The molecule has 1 amide bonds. The lowest BCUT2D eigenvalue weighted by Crippen LogP contribution is -2.41. The number of nitrogens with one attached hydrogen (secondary N) is 3. The second kappa shape index (κ2) is 17.7. The summed E-state index contributed by atoms with van der Waals surface area (Å²) in [6.07, 6.45) is 1.13. The normalized spacial score (nSPS) is 11.6. The zero-order valence-corrected chi connectivity index (χ0v) is 22.7. The second-order valence-corrected chi connectivity index (χ2v) is 8.49. The molecular formula is C29H38N4O7. The molecule has 1 atom stereocenters. The van der Waals surface area contributed by atoms with Gasteiger partial charge in [-0.3, -0.25) is 9.59 Å². The lowest BCUT2D eigenvalue weighted by atomic mass is 9.80. The maximum atomic E-state index is 10.5. The summed E-state index contributed by atoms with van der Waals surface area (Å²) < 4.78 is 17.9. The van der Waals surface area contributed by atoms with Gasteiger partial charge >= 0.3 is 5.97 Å². The van der Waals surface area contributed by atoms with Gasteiger partial charge in [-0.2, -0.15) is 0 Å². The third-order valence-corrected chi connectivity index (χ3v) is 5.84. The minimum atomic E-state index is -1.12. The van der Waals surface area contributed by atoms with Crippen LogP contribution in [0.25, 0.3) is 0 Å². The molecule has 0 radical (unpaired) electrons. The van der Waals surface area contributed by atoms with Crippen molar-refractivity contribution in [2.45, 2.75) is 24.7 Å². The van der Waals surface area contributed by atoms with Crippen LogP contribution in [0.15, 0.2) is 84.9 Å². The van der Waals surface area contributed by atoms with E-state index in [1.807, 2.05) is 48.5 Å². The maximum Gasteiger partial charge on any atom is 0.322 e. The molecule has 0 fully saturated rings. The summed E-state index contributed by atoms with van der Waals surface area (Å²) in [7, 11) is 3.34. The molecule has 3 aromatic rings. The SMILES string of the molecule is COc1ccc(C(OC(CCCN)OC)(c2ccccc2)c2ccccc2)cc1.O=C(O)CNC(=O)CNNO. The molecule has 0 bridgehead atoms. The summed E-state index contributed by atoms with van der Waals surface area (Å²) in [5.74, 6) is -0.834. The molecule has 0 saturated heterocycles. The van der Waals surface area contributed by atoms with Gasteiger partial charge in [0, 0.05) is 7.11 Å². The molecular weight excluding hydrogens is 516 g/mol. The van der Waals surface area contributed by atoms with E-state index >= 15 is 0 Å². The minimum Gasteiger partial charge on any atom is -0.497 e. The van der Waals surface area contributed by atoms with Crippen LogP contribution >= 0.6 is 0 Å². The van der Waals surface area contributed by atoms with Crippen LogP contribution in [0.2, 0.25) is 0 Å². The van der Waals surface area contributed by atoms with Gasteiger partial charge in [0.25, 0.3) is 0 Å². The van der Waals surface area contributed by atoms with Crippen LogP contribution in [0.4, 0.5) is 0 Å². The number of carbonyl (C=O) groups excluding carboxylic acids is 1. The van der Waals surface area contributed by atoms with Gasteiger partial charge in [0.2, 0.25) is 5.91 Å². The number of aliphatic carboxylic acids is 1. The highest BCUT2D eigenvalue weighted by atomic mass is 16.7. The number of ether oxygens (including phenoxy) is 3. The van der Waals surface area contributed by atoms with E-state index in [1.54, 1.807) is 14.2 Å². The van der Waals surface area contributed by atoms with E-state index in [0.29, 0.717) is 13.0 Å². The average Bonchev–Trinajstić information content (AvgIpc) is 3.00. The molecule has 216 valence electrons. The number of nitrogens with two attached hydrogens (primary N) is 1. The molecule has 0 heterocycles. The van der Waals surface area contributed by atoms with Gasteiger partial charge < -0.3 is 35.6 Å². The first kappa shape index (κ1) is 32.4. The Morgan fingerprint density at radius 3 is 1.88 bits per heavy atom. The predicted molar refractivity (Wildman–Crippen MR) is 150 cm³/mol. The van der Waals surface area contributed by atoms with E-state index in [4.69, 9.17) is 30.3 Å². The Hall–Kier alpha value is -3.84. The molecule has 0 aliphatic carbocycles. The van der Waals surface area contributed by atoms with Gasteiger partial charge in [0.1, 0.15) is 17.9 Å². The van der Waals surface area contributed by atoms with E-state index in [2.05, 4.69) is 47.1 Å². The van der Waals surface area contributed by atoms with Crippen LogP contribution in [0, 0.1) is 0 Å². The Labute approximate surface area is 234 Å². The van der Waals surface area contributed by atoms with Crippen molar-refractivity contribution in [2.75, 3.05) is 33.9 Å². The number of amides is 1. The Morgan fingerprint density at radius 1 is 0.875 bits per heavy atom. The highest BCUT2D eigenvalue weighted by Crippen LogP contribution is 2.42. The van der Waals surface area contributed by atoms with Gasteiger partial charge in [-0.1, -0.05) is 72.8 Å². The summed E-state index contributed by atoms with van der Waals surface area (Å²) in [4.78, 5) is 20.4. The Kier molecular flexibility index (Phi) is 14.3. The van der Waals surface area contributed by atoms with E-state index in [9.17, 15) is 9.59 Å². The smallest absolute Gasteiger partial charge is 0.322 e. The summed E-state index contributed by atoms with van der Waals surface area (Å²) >= 11 is 0. The summed E-state index contributed by atoms with van der Waals surface area (Å²) in [6, 6.07) is 28.5. The summed E-state index contributed by atoms with van der Waals surface area (Å²) in [5.41, 5.74) is 11.6. The first-order valence-corrected chi connectivity index (χ1v) is 12.7. The van der Waals surface area contributed by atoms with Crippen LogP contribution in [-0.2, 0) is 24.7 Å². The lowest BCUT2D eigenvalue weighted by molar-refractivity contribution is -0.179. The van der Waals surface area contributed by atoms with Crippen molar-refractivity contribution in [1.82, 2.24) is 16.3 Å². The first-order chi connectivity index (χ1) is 19.4. The Balaban J connectivity index is 0.000000432. The first-order valence-electron chi connectivity index (χ1n) is 12.7. The fourth-order valence-corrected chi connectivity index (χ4v) is 3.94. The molecule has 11 nitrogen and oxygen atoms in total. The number of benzene rings is 3. The van der Waals surface area contributed by atoms with Crippen LogP contribution in [0.5, 0.6) is 5.75 Å². The van der Waals surface area contributed by atoms with Crippen LogP contribution < -0.4 is 26.8 Å². The number of carboxylic acid groups (broad SMARTS) is 1. The fourth-order valence-electron chi connectivity index (χ4n) is 3.94. The largest absolute Gasteiger partial charge is 0.497 e. The van der Waals surface area contributed by atoms with Crippen molar-refractivity contribution in [1.29, 1.82) is 0 Å². The third kappa shape index (κ3) is 9.72. The molecule has 11 heteroatoms. The number of carbonyl (C=O) groups is 2. The number of hydrogen-bond donors (Lipinski definition) is 6. The number of hydrazine groups is 1. The van der Waals surface area contributed by atoms with Crippen LogP contribution in [0.1, 0.15) is 29.5 Å². The van der Waals surface area contributed by atoms with Crippen LogP contribution in [0.3, 0.4) is 0 Å². The lowest BCUT2D eigenvalue weighted by Gasteiger charge is -2.38. The van der Waals surface area contributed by atoms with Gasteiger partial charge in [0.15, 0.2) is 6.29 Å². The number of hydrogen-bond acceptors (Lipinski definition) is 9. The van der Waals surface area contributed by atoms with Gasteiger partial charge in [-0.15, -0.1) is 5.59 Å². The minimum absolute atomic E-state index is 0.191. The molecule has 0 aliphatic heterocycles. The molecule has 3 aromatic carbocycles.